The van der Waals surface area contributed by atoms with E-state index in [-0.39, 0.29) is 39.3 Å². The minimum Gasteiger partial charge on any atom is -0.335 e. The second-order valence-electron chi connectivity index (χ2n) is 28.7. The smallest absolute Gasteiger partial charge is 0.252 e. The summed E-state index contributed by atoms with van der Waals surface area (Å²) in [4.78, 5) is 8.58. The molecule has 4 aliphatic heterocycles. The van der Waals surface area contributed by atoms with Gasteiger partial charge in [0.2, 0.25) is 0 Å². The second-order valence-corrected chi connectivity index (χ2v) is 30.9. The summed E-state index contributed by atoms with van der Waals surface area (Å²) in [6.45, 7) is 31.6. The maximum Gasteiger partial charge on any atom is 0.252 e. The standard InChI is InChI=1S/C75H80BN3Si/c1-69(2,3)51-32-35-62(56(41-51)48-25-17-15-18-26-48)77-64-43-53(71(7,8)9)31-34-60(64)76-61-47-55(80(13)14)46-59-68(61)79(73(11)38-23-24-39-75(59,73)50-28-19-16-20-29-50)66-45-54(44-65(77)67(66)76)78-63-36-33-52(70(4,5)6)42-58(63)72(10)40-37-49-27-21-22-30-57(49)74(72,78)12/h15-22,25-36,41-47H,13,23-24,37-40H2,1-12,14H3. The fraction of sp³-hybridized carbons (Fsp3) is 0.347. The number of hydrogen-bond acceptors (Lipinski definition) is 3. The Hall–Kier alpha value is -6.69. The molecule has 5 heteroatoms. The SMILES string of the molecule is C=[Si](C)c1cc2c3c(c1)C1(c4ccccc4)CCCCC1(C)N3c1cc(N3c4ccc(C(C)(C)C)cc4C4(C)CCc5ccccc5C34C)cc3c1B2c1ccc(C(C)(C)C)cc1N3c1ccc(C(C)(C)C)cc1-c1ccccc1. The van der Waals surface area contributed by atoms with E-state index in [0.717, 1.165) is 25.7 Å². The third-order valence-electron chi connectivity index (χ3n) is 21.2. The highest BCUT2D eigenvalue weighted by atomic mass is 28.2. The van der Waals surface area contributed by atoms with E-state index >= 15 is 0 Å². The lowest BCUT2D eigenvalue weighted by atomic mass is 9.33. The molecule has 8 aromatic carbocycles. The molecule has 0 saturated heterocycles. The zero-order chi connectivity index (χ0) is 55.8. The fourth-order valence-electron chi connectivity index (χ4n) is 16.7. The first-order valence-electron chi connectivity index (χ1n) is 30.1. The van der Waals surface area contributed by atoms with Crippen LogP contribution in [-0.2, 0) is 39.0 Å². The molecule has 8 aromatic rings. The summed E-state index contributed by atoms with van der Waals surface area (Å²) in [6, 6.07) is 65.8. The molecule has 0 radical (unpaired) electrons. The van der Waals surface area contributed by atoms with Crippen LogP contribution in [0.2, 0.25) is 6.55 Å². The normalized spacial score (nSPS) is 23.2. The highest BCUT2D eigenvalue weighted by Gasteiger charge is 2.65. The molecule has 1 fully saturated rings. The first kappa shape index (κ1) is 51.5. The summed E-state index contributed by atoms with van der Waals surface area (Å²) in [5.41, 5.74) is 26.1. The van der Waals surface area contributed by atoms with Gasteiger partial charge in [-0.1, -0.05) is 216 Å². The molecule has 3 nitrogen and oxygen atoms in total. The average molecular weight is 1060 g/mol. The lowest BCUT2D eigenvalue weighted by molar-refractivity contribution is 0.215. The molecule has 80 heavy (non-hydrogen) atoms. The Morgan fingerprint density at radius 3 is 1.82 bits per heavy atom. The molecule has 4 heterocycles. The summed E-state index contributed by atoms with van der Waals surface area (Å²) in [5, 5.41) is 1.43. The summed E-state index contributed by atoms with van der Waals surface area (Å²) in [7, 11) is -1.12. The van der Waals surface area contributed by atoms with Crippen molar-refractivity contribution < 1.29 is 0 Å². The number of aryl methyl sites for hydroxylation is 1. The Kier molecular flexibility index (Phi) is 11.0. The highest BCUT2D eigenvalue weighted by Crippen LogP contribution is 2.67. The third-order valence-corrected chi connectivity index (χ3v) is 22.5. The van der Waals surface area contributed by atoms with Crippen LogP contribution in [-0.4, -0.2) is 26.8 Å². The number of rotatable bonds is 5. The largest absolute Gasteiger partial charge is 0.335 e. The van der Waals surface area contributed by atoms with Crippen LogP contribution in [0.25, 0.3) is 11.1 Å². The van der Waals surface area contributed by atoms with E-state index in [1.807, 2.05) is 0 Å². The number of fused-ring (bicyclic) bond motifs is 12. The molecule has 14 rings (SSSR count). The summed E-state index contributed by atoms with van der Waals surface area (Å²) in [6.07, 6.45) is 11.6. The molecule has 0 spiro atoms. The van der Waals surface area contributed by atoms with Crippen molar-refractivity contribution in [2.24, 2.45) is 0 Å². The minimum atomic E-state index is -1.12. The van der Waals surface area contributed by atoms with Gasteiger partial charge in [-0.25, -0.2) is 0 Å². The number of anilines is 7. The van der Waals surface area contributed by atoms with Gasteiger partial charge >= 0.3 is 0 Å². The molecule has 402 valence electrons. The van der Waals surface area contributed by atoms with Gasteiger partial charge in [-0.15, -0.1) is 6.17 Å². The summed E-state index contributed by atoms with van der Waals surface area (Å²) < 4.78 is 0. The maximum absolute atomic E-state index is 4.92. The predicted molar refractivity (Wildman–Crippen MR) is 346 cm³/mol. The Morgan fingerprint density at radius 1 is 0.512 bits per heavy atom. The van der Waals surface area contributed by atoms with Crippen LogP contribution in [0.3, 0.4) is 0 Å². The van der Waals surface area contributed by atoms with E-state index < -0.39 is 13.9 Å². The van der Waals surface area contributed by atoms with Crippen molar-refractivity contribution in [3.63, 3.8) is 0 Å². The van der Waals surface area contributed by atoms with E-state index in [0.29, 0.717) is 0 Å². The van der Waals surface area contributed by atoms with Gasteiger partial charge in [-0.05, 0) is 164 Å². The third kappa shape index (κ3) is 6.88. The average Bonchev–Trinajstić information content (AvgIpc) is 3.97. The topological polar surface area (TPSA) is 9.72 Å². The molecule has 0 bridgehead atoms. The molecule has 0 amide bonds. The van der Waals surface area contributed by atoms with Crippen LogP contribution in [0.1, 0.15) is 160 Å². The molecule has 4 atom stereocenters. The van der Waals surface area contributed by atoms with Crippen LogP contribution in [0, 0.1) is 0 Å². The van der Waals surface area contributed by atoms with E-state index in [9.17, 15) is 0 Å². The van der Waals surface area contributed by atoms with Crippen LogP contribution in [0.5, 0.6) is 0 Å². The van der Waals surface area contributed by atoms with Gasteiger partial charge in [0.25, 0.3) is 6.71 Å². The fourth-order valence-corrected chi connectivity index (χ4v) is 17.5. The van der Waals surface area contributed by atoms with Crippen LogP contribution >= 0.6 is 0 Å². The van der Waals surface area contributed by atoms with E-state index in [4.69, 9.17) is 6.17 Å². The lowest BCUT2D eigenvalue weighted by Crippen LogP contribution is -2.65. The minimum absolute atomic E-state index is 0.000452. The van der Waals surface area contributed by atoms with E-state index in [1.165, 1.54) is 130 Å². The van der Waals surface area contributed by atoms with E-state index in [2.05, 4.69) is 268 Å². The number of nitrogens with zero attached hydrogens (tertiary/aromatic N) is 3. The van der Waals surface area contributed by atoms with Crippen LogP contribution in [0.15, 0.2) is 164 Å². The first-order valence-corrected chi connectivity index (χ1v) is 32.3. The molecule has 2 aliphatic carbocycles. The van der Waals surface area contributed by atoms with Crippen molar-refractivity contribution >= 4 is 82.7 Å². The van der Waals surface area contributed by atoms with Crippen molar-refractivity contribution in [3.05, 3.63) is 208 Å². The Labute approximate surface area is 480 Å². The molecular formula is C75H80BN3Si. The van der Waals surface area contributed by atoms with Crippen LogP contribution in [0.4, 0.5) is 39.8 Å². The van der Waals surface area contributed by atoms with Gasteiger partial charge in [-0.2, -0.15) is 0 Å². The Balaban J connectivity index is 1.17. The molecule has 0 aromatic heterocycles. The van der Waals surface area contributed by atoms with Crippen molar-refractivity contribution in [1.82, 2.24) is 0 Å². The molecule has 6 aliphatic rings. The first-order chi connectivity index (χ1) is 38.0. The summed E-state index contributed by atoms with van der Waals surface area (Å²) >= 11 is 0. The van der Waals surface area contributed by atoms with Gasteiger partial charge in [0.15, 0.2) is 0 Å². The van der Waals surface area contributed by atoms with Crippen molar-refractivity contribution in [1.29, 1.82) is 0 Å². The number of hydrogen-bond donors (Lipinski definition) is 0. The van der Waals surface area contributed by atoms with Gasteiger partial charge in [0, 0.05) is 58.9 Å². The monoisotopic (exact) mass is 1060 g/mol. The zero-order valence-electron chi connectivity index (χ0n) is 50.0. The second kappa shape index (κ2) is 17.2. The van der Waals surface area contributed by atoms with Crippen molar-refractivity contribution in [3.8, 4) is 11.1 Å². The van der Waals surface area contributed by atoms with Crippen molar-refractivity contribution in [2.75, 3.05) is 14.7 Å². The van der Waals surface area contributed by atoms with Gasteiger partial charge in [-0.3, -0.25) is 0 Å². The van der Waals surface area contributed by atoms with Crippen LogP contribution < -0.4 is 36.3 Å². The predicted octanol–water partition coefficient (Wildman–Crippen LogP) is 16.2. The van der Waals surface area contributed by atoms with Gasteiger partial charge < -0.3 is 14.7 Å². The molecule has 0 N–H and O–H groups in total. The van der Waals surface area contributed by atoms with E-state index in [1.54, 1.807) is 0 Å². The highest BCUT2D eigenvalue weighted by molar-refractivity contribution is 7.00. The Bertz CT molecular complexity index is 3910. The molecule has 1 saturated carbocycles. The van der Waals surface area contributed by atoms with Gasteiger partial charge in [0.1, 0.15) is 0 Å². The quantitative estimate of drug-likeness (QED) is 0.159. The number of benzene rings is 8. The zero-order valence-corrected chi connectivity index (χ0v) is 51.0. The van der Waals surface area contributed by atoms with Crippen molar-refractivity contribution in [2.45, 2.75) is 166 Å². The molecular weight excluding hydrogens is 982 g/mol. The van der Waals surface area contributed by atoms with Gasteiger partial charge in [0.05, 0.1) is 16.8 Å². The maximum atomic E-state index is 4.92. The lowest BCUT2D eigenvalue weighted by Gasteiger charge is -2.55. The Morgan fingerprint density at radius 2 is 1.12 bits per heavy atom. The molecule has 4 unspecified atom stereocenters. The summed E-state index contributed by atoms with van der Waals surface area (Å²) in [5.74, 6) is 0.